The predicted octanol–water partition coefficient (Wildman–Crippen LogP) is 4.65. The highest BCUT2D eigenvalue weighted by atomic mass is 32.1. The quantitative estimate of drug-likeness (QED) is 0.597. The molecule has 0 bridgehead atoms. The molecule has 3 heteroatoms. The Kier molecular flexibility index (Phi) is 9.14. The first-order valence-corrected chi connectivity index (χ1v) is 8.46. The number of thiophene rings is 1. The number of hydrogen-bond acceptors (Lipinski definition) is 3. The summed E-state index contributed by atoms with van der Waals surface area (Å²) in [6.45, 7) is 10.3. The van der Waals surface area contributed by atoms with Gasteiger partial charge in [0.2, 0.25) is 0 Å². The second-order valence-corrected chi connectivity index (χ2v) is 6.38. The molecule has 0 amide bonds. The maximum absolute atomic E-state index is 5.78. The van der Waals surface area contributed by atoms with Gasteiger partial charge in [-0.1, -0.05) is 39.5 Å². The molecule has 19 heavy (non-hydrogen) atoms. The third-order valence-corrected chi connectivity index (χ3v) is 4.36. The molecule has 0 unspecified atom stereocenters. The van der Waals surface area contributed by atoms with Crippen molar-refractivity contribution in [2.45, 2.75) is 66.0 Å². The van der Waals surface area contributed by atoms with Crippen molar-refractivity contribution in [3.8, 4) is 0 Å². The van der Waals surface area contributed by atoms with Crippen molar-refractivity contribution < 1.29 is 4.74 Å². The van der Waals surface area contributed by atoms with Crippen LogP contribution in [0.3, 0.4) is 0 Å². The number of aryl methyl sites for hydroxylation is 1. The van der Waals surface area contributed by atoms with Gasteiger partial charge in [0.25, 0.3) is 0 Å². The van der Waals surface area contributed by atoms with Crippen LogP contribution < -0.4 is 5.32 Å². The highest BCUT2D eigenvalue weighted by Crippen LogP contribution is 2.22. The van der Waals surface area contributed by atoms with Crippen LogP contribution in [0.5, 0.6) is 0 Å². The van der Waals surface area contributed by atoms with Crippen LogP contribution in [0.15, 0.2) is 6.07 Å². The lowest BCUT2D eigenvalue weighted by molar-refractivity contribution is 0.116. The number of unbranched alkanes of at least 4 members (excludes halogenated alkanes) is 4. The van der Waals surface area contributed by atoms with E-state index in [4.69, 9.17) is 4.74 Å². The molecule has 0 fully saturated rings. The normalized spacial score (nSPS) is 11.1. The minimum atomic E-state index is 0.780. The Hall–Kier alpha value is -0.380. The third kappa shape index (κ3) is 7.09. The molecule has 0 aliphatic heterocycles. The van der Waals surface area contributed by atoms with Crippen molar-refractivity contribution in [3.63, 3.8) is 0 Å². The molecule has 110 valence electrons. The molecule has 0 aromatic carbocycles. The fourth-order valence-electron chi connectivity index (χ4n) is 2.06. The Balaban J connectivity index is 2.16. The first-order chi connectivity index (χ1) is 9.27. The molecular weight excluding hydrogens is 254 g/mol. The second-order valence-electron chi connectivity index (χ2n) is 5.04. The monoisotopic (exact) mass is 283 g/mol. The van der Waals surface area contributed by atoms with Crippen LogP contribution in [0.25, 0.3) is 0 Å². The first kappa shape index (κ1) is 16.7. The zero-order chi connectivity index (χ0) is 13.9. The summed E-state index contributed by atoms with van der Waals surface area (Å²) in [5.41, 5.74) is 1.37. The number of rotatable bonds is 11. The fraction of sp³-hybridized carbons (Fsp3) is 0.750. The number of ether oxygens (including phenoxy) is 1. The van der Waals surface area contributed by atoms with Gasteiger partial charge in [-0.05, 0) is 31.5 Å². The predicted molar refractivity (Wildman–Crippen MR) is 84.9 cm³/mol. The van der Waals surface area contributed by atoms with Gasteiger partial charge in [0.05, 0.1) is 6.61 Å². The lowest BCUT2D eigenvalue weighted by atomic mass is 10.2. The van der Waals surface area contributed by atoms with E-state index in [-0.39, 0.29) is 0 Å². The van der Waals surface area contributed by atoms with Gasteiger partial charge in [0.15, 0.2) is 0 Å². The molecular formula is C16H29NOS. The van der Waals surface area contributed by atoms with E-state index < -0.39 is 0 Å². The minimum Gasteiger partial charge on any atom is -0.377 e. The van der Waals surface area contributed by atoms with Crippen molar-refractivity contribution in [1.82, 2.24) is 5.32 Å². The van der Waals surface area contributed by atoms with Crippen molar-refractivity contribution in [2.24, 2.45) is 0 Å². The standard InChI is InChI=1S/C16H29NOS/c1-4-6-7-8-9-10-18-13-15-11-16(12-17-5-2)19-14(15)3/h11,17H,4-10,12-13H2,1-3H3. The summed E-state index contributed by atoms with van der Waals surface area (Å²) in [5, 5.41) is 3.37. The van der Waals surface area contributed by atoms with Gasteiger partial charge in [-0.2, -0.15) is 0 Å². The van der Waals surface area contributed by atoms with E-state index in [1.54, 1.807) is 0 Å². The molecule has 0 saturated carbocycles. The number of hydrogen-bond donors (Lipinski definition) is 1. The lowest BCUT2D eigenvalue weighted by Gasteiger charge is -2.03. The maximum Gasteiger partial charge on any atom is 0.0727 e. The van der Waals surface area contributed by atoms with Crippen LogP contribution in [0, 0.1) is 6.92 Å². The average molecular weight is 283 g/mol. The van der Waals surface area contributed by atoms with Gasteiger partial charge >= 0.3 is 0 Å². The Morgan fingerprint density at radius 3 is 2.68 bits per heavy atom. The van der Waals surface area contributed by atoms with Crippen molar-refractivity contribution in [1.29, 1.82) is 0 Å². The number of nitrogens with one attached hydrogen (secondary N) is 1. The maximum atomic E-state index is 5.78. The molecule has 0 aliphatic carbocycles. The van der Waals surface area contributed by atoms with Crippen LogP contribution in [0.2, 0.25) is 0 Å². The van der Waals surface area contributed by atoms with Gasteiger partial charge < -0.3 is 10.1 Å². The van der Waals surface area contributed by atoms with Gasteiger partial charge in [0, 0.05) is 22.9 Å². The van der Waals surface area contributed by atoms with E-state index in [9.17, 15) is 0 Å². The summed E-state index contributed by atoms with van der Waals surface area (Å²) in [5.74, 6) is 0. The van der Waals surface area contributed by atoms with Gasteiger partial charge in [-0.3, -0.25) is 0 Å². The largest absolute Gasteiger partial charge is 0.377 e. The molecule has 1 aromatic heterocycles. The molecule has 0 atom stereocenters. The van der Waals surface area contributed by atoms with Gasteiger partial charge in [0.1, 0.15) is 0 Å². The Labute approximate surface area is 122 Å². The van der Waals surface area contributed by atoms with E-state index >= 15 is 0 Å². The SMILES string of the molecule is CCCCCCCOCc1cc(CNCC)sc1C. The average Bonchev–Trinajstić information content (AvgIpc) is 2.76. The summed E-state index contributed by atoms with van der Waals surface area (Å²) in [6.07, 6.45) is 6.53. The molecule has 1 N–H and O–H groups in total. The Morgan fingerprint density at radius 1 is 1.16 bits per heavy atom. The first-order valence-electron chi connectivity index (χ1n) is 7.64. The van der Waals surface area contributed by atoms with E-state index in [0.717, 1.165) is 26.3 Å². The van der Waals surface area contributed by atoms with Crippen LogP contribution in [0.1, 0.15) is 61.3 Å². The van der Waals surface area contributed by atoms with E-state index in [2.05, 4.69) is 32.2 Å². The summed E-state index contributed by atoms with van der Waals surface area (Å²) < 4.78 is 5.78. The smallest absolute Gasteiger partial charge is 0.0727 e. The summed E-state index contributed by atoms with van der Waals surface area (Å²) in [4.78, 5) is 2.82. The minimum absolute atomic E-state index is 0.780. The fourth-order valence-corrected chi connectivity index (χ4v) is 3.07. The van der Waals surface area contributed by atoms with Gasteiger partial charge in [-0.25, -0.2) is 0 Å². The molecule has 1 heterocycles. The highest BCUT2D eigenvalue weighted by molar-refractivity contribution is 7.12. The van der Waals surface area contributed by atoms with E-state index in [1.807, 2.05) is 11.3 Å². The van der Waals surface area contributed by atoms with Crippen LogP contribution in [-0.2, 0) is 17.9 Å². The second kappa shape index (κ2) is 10.4. The molecule has 1 rings (SSSR count). The Morgan fingerprint density at radius 2 is 1.95 bits per heavy atom. The zero-order valence-corrected chi connectivity index (χ0v) is 13.6. The highest BCUT2D eigenvalue weighted by Gasteiger charge is 2.05. The molecule has 0 saturated heterocycles. The summed E-state index contributed by atoms with van der Waals surface area (Å²) in [7, 11) is 0. The zero-order valence-electron chi connectivity index (χ0n) is 12.8. The summed E-state index contributed by atoms with van der Waals surface area (Å²) in [6, 6.07) is 2.29. The van der Waals surface area contributed by atoms with Gasteiger partial charge in [-0.15, -0.1) is 11.3 Å². The Bertz CT molecular complexity index is 335. The van der Waals surface area contributed by atoms with Crippen LogP contribution in [0.4, 0.5) is 0 Å². The lowest BCUT2D eigenvalue weighted by Crippen LogP contribution is -2.10. The third-order valence-electron chi connectivity index (χ3n) is 3.27. The molecule has 2 nitrogen and oxygen atoms in total. The van der Waals surface area contributed by atoms with Crippen LogP contribution in [-0.4, -0.2) is 13.2 Å². The molecule has 0 radical (unpaired) electrons. The molecule has 1 aromatic rings. The summed E-state index contributed by atoms with van der Waals surface area (Å²) >= 11 is 1.89. The van der Waals surface area contributed by atoms with Crippen molar-refractivity contribution in [2.75, 3.05) is 13.2 Å². The van der Waals surface area contributed by atoms with E-state index in [0.29, 0.717) is 0 Å². The van der Waals surface area contributed by atoms with Crippen molar-refractivity contribution in [3.05, 3.63) is 21.4 Å². The van der Waals surface area contributed by atoms with E-state index in [1.165, 1.54) is 47.4 Å². The molecule has 0 spiro atoms. The van der Waals surface area contributed by atoms with Crippen molar-refractivity contribution >= 4 is 11.3 Å². The topological polar surface area (TPSA) is 21.3 Å². The van der Waals surface area contributed by atoms with Crippen LogP contribution >= 0.6 is 11.3 Å². The molecule has 0 aliphatic rings.